The van der Waals surface area contributed by atoms with E-state index in [1.165, 1.54) is 47.7 Å². The van der Waals surface area contributed by atoms with Crippen LogP contribution in [-0.4, -0.2) is 66.9 Å². The van der Waals surface area contributed by atoms with E-state index in [1.807, 2.05) is 34.6 Å². The van der Waals surface area contributed by atoms with Gasteiger partial charge in [0.1, 0.15) is 12.6 Å². The zero-order valence-corrected chi connectivity index (χ0v) is 27.8. The minimum Gasteiger partial charge on any atom is -0.468 e. The number of amides is 3. The molecule has 43 heavy (non-hydrogen) atoms. The number of methoxy groups -OCH3 is 1. The van der Waals surface area contributed by atoms with Crippen molar-refractivity contribution < 1.29 is 23.9 Å². The second-order valence-corrected chi connectivity index (χ2v) is 10.1. The highest BCUT2D eigenvalue weighted by molar-refractivity contribution is 5.89. The molecule has 1 atom stereocenters. The molecule has 1 aromatic carbocycles. The molecule has 1 heterocycles. The molecule has 1 aromatic heterocycles. The van der Waals surface area contributed by atoms with Crippen molar-refractivity contribution in [2.24, 2.45) is 5.92 Å². The number of fused-ring (bicyclic) bond motifs is 1. The number of benzene rings is 1. The van der Waals surface area contributed by atoms with Crippen LogP contribution in [0.2, 0.25) is 0 Å². The molecule has 1 saturated carbocycles. The maximum atomic E-state index is 13.0. The lowest BCUT2D eigenvalue weighted by Crippen LogP contribution is -2.50. The summed E-state index contributed by atoms with van der Waals surface area (Å²) in [6.07, 6.45) is 12.8. The van der Waals surface area contributed by atoms with Crippen LogP contribution in [0.4, 0.5) is 0 Å². The molecule has 0 saturated heterocycles. The number of esters is 1. The number of unbranched alkanes of at least 4 members (excludes halogenated alkanes) is 1. The van der Waals surface area contributed by atoms with Crippen molar-refractivity contribution >= 4 is 35.1 Å². The van der Waals surface area contributed by atoms with E-state index >= 15 is 0 Å². The fraction of sp³-hybridized carbons (Fsp3) is 0.647. The number of hydrogen-bond acceptors (Lipinski definition) is 5. The van der Waals surface area contributed by atoms with Crippen LogP contribution in [0.15, 0.2) is 30.5 Å². The van der Waals surface area contributed by atoms with Gasteiger partial charge in [-0.05, 0) is 36.8 Å². The Labute approximate surface area is 259 Å². The van der Waals surface area contributed by atoms with Crippen LogP contribution in [0.5, 0.6) is 0 Å². The zero-order valence-electron chi connectivity index (χ0n) is 27.8. The second-order valence-electron chi connectivity index (χ2n) is 10.1. The molecule has 1 unspecified atom stereocenters. The Balaban J connectivity index is 0.000000962. The first-order chi connectivity index (χ1) is 20.9. The molecule has 0 spiro atoms. The lowest BCUT2D eigenvalue weighted by Gasteiger charge is -2.29. The third kappa shape index (κ3) is 15.6. The van der Waals surface area contributed by atoms with Gasteiger partial charge in [0.2, 0.25) is 18.2 Å². The number of rotatable bonds is 14. The second kappa shape index (κ2) is 25.2. The fourth-order valence-corrected chi connectivity index (χ4v) is 4.97. The van der Waals surface area contributed by atoms with Crippen LogP contribution < -0.4 is 10.6 Å². The van der Waals surface area contributed by atoms with Crippen molar-refractivity contribution in [3.63, 3.8) is 0 Å². The van der Waals surface area contributed by atoms with Gasteiger partial charge < -0.3 is 25.3 Å². The van der Waals surface area contributed by atoms with E-state index in [2.05, 4.69) is 57.7 Å². The van der Waals surface area contributed by atoms with Gasteiger partial charge in [0.05, 0.1) is 13.7 Å². The van der Waals surface area contributed by atoms with E-state index in [0.717, 1.165) is 38.5 Å². The SMILES string of the molecule is CC.CC.CCCCC(NC=O)C(=O)N(CCC1CCCCC1)CC(=O)NCC(=O)OC.CCc1c[nH]c2ccccc12. The first-order valence-corrected chi connectivity index (χ1v) is 16.3. The lowest BCUT2D eigenvalue weighted by molar-refractivity contribution is -0.142. The molecule has 9 heteroatoms. The normalized spacial score (nSPS) is 13.0. The van der Waals surface area contributed by atoms with Gasteiger partial charge in [-0.25, -0.2) is 0 Å². The number of aromatic nitrogens is 1. The van der Waals surface area contributed by atoms with Gasteiger partial charge in [0, 0.05) is 23.6 Å². The van der Waals surface area contributed by atoms with Crippen LogP contribution >= 0.6 is 0 Å². The highest BCUT2D eigenvalue weighted by atomic mass is 16.5. The summed E-state index contributed by atoms with van der Waals surface area (Å²) in [7, 11) is 1.25. The summed E-state index contributed by atoms with van der Waals surface area (Å²) in [5, 5.41) is 6.42. The van der Waals surface area contributed by atoms with Crippen LogP contribution in [0.1, 0.15) is 105 Å². The summed E-state index contributed by atoms with van der Waals surface area (Å²) < 4.78 is 4.51. The third-order valence-electron chi connectivity index (χ3n) is 7.31. The maximum absolute atomic E-state index is 13.0. The van der Waals surface area contributed by atoms with Crippen LogP contribution in [0, 0.1) is 5.92 Å². The largest absolute Gasteiger partial charge is 0.468 e. The zero-order chi connectivity index (χ0) is 32.5. The number of para-hydroxylation sites is 1. The van der Waals surface area contributed by atoms with E-state index in [0.29, 0.717) is 25.3 Å². The molecule has 1 aliphatic carbocycles. The molecule has 1 aliphatic rings. The third-order valence-corrected chi connectivity index (χ3v) is 7.31. The summed E-state index contributed by atoms with van der Waals surface area (Å²) in [6, 6.07) is 7.77. The number of carbonyl (C=O) groups excluding carboxylic acids is 4. The average molecular weight is 603 g/mol. The molecule has 0 radical (unpaired) electrons. The van der Waals surface area contributed by atoms with E-state index in [-0.39, 0.29) is 19.0 Å². The van der Waals surface area contributed by atoms with Gasteiger partial charge in [-0.3, -0.25) is 19.2 Å². The Morgan fingerprint density at radius 3 is 2.35 bits per heavy atom. The van der Waals surface area contributed by atoms with E-state index in [9.17, 15) is 19.2 Å². The number of H-pyrrole nitrogens is 1. The van der Waals surface area contributed by atoms with Gasteiger partial charge in [-0.2, -0.15) is 0 Å². The van der Waals surface area contributed by atoms with Crippen molar-refractivity contribution in [1.82, 2.24) is 20.5 Å². The summed E-state index contributed by atoms with van der Waals surface area (Å²) in [5.41, 5.74) is 2.64. The highest BCUT2D eigenvalue weighted by Crippen LogP contribution is 2.26. The fourth-order valence-electron chi connectivity index (χ4n) is 4.97. The molecule has 3 amide bonds. The maximum Gasteiger partial charge on any atom is 0.325 e. The molecule has 1 fully saturated rings. The highest BCUT2D eigenvalue weighted by Gasteiger charge is 2.26. The van der Waals surface area contributed by atoms with Crippen molar-refractivity contribution in [2.45, 2.75) is 112 Å². The number of aromatic amines is 1. The predicted octanol–water partition coefficient (Wildman–Crippen LogP) is 6.16. The smallest absolute Gasteiger partial charge is 0.325 e. The van der Waals surface area contributed by atoms with Crippen LogP contribution in [0.25, 0.3) is 10.9 Å². The minimum atomic E-state index is -0.628. The molecule has 0 aliphatic heterocycles. The van der Waals surface area contributed by atoms with Gasteiger partial charge in [0.15, 0.2) is 0 Å². The number of hydrogen-bond donors (Lipinski definition) is 3. The molecule has 244 valence electrons. The van der Waals surface area contributed by atoms with Crippen molar-refractivity contribution in [2.75, 3.05) is 26.7 Å². The number of nitrogens with one attached hydrogen (secondary N) is 3. The van der Waals surface area contributed by atoms with Gasteiger partial charge in [-0.1, -0.05) is 105 Å². The molecule has 9 nitrogen and oxygen atoms in total. The van der Waals surface area contributed by atoms with E-state index < -0.39 is 17.9 Å². The first-order valence-electron chi connectivity index (χ1n) is 16.3. The van der Waals surface area contributed by atoms with Crippen molar-refractivity contribution in [3.8, 4) is 0 Å². The van der Waals surface area contributed by atoms with E-state index in [4.69, 9.17) is 0 Å². The number of ether oxygens (including phenoxy) is 1. The summed E-state index contributed by atoms with van der Waals surface area (Å²) in [4.78, 5) is 52.1. The lowest BCUT2D eigenvalue weighted by atomic mass is 9.87. The molecule has 3 rings (SSSR count). The van der Waals surface area contributed by atoms with Crippen LogP contribution in [-0.2, 0) is 30.3 Å². The van der Waals surface area contributed by atoms with Crippen molar-refractivity contribution in [3.05, 3.63) is 36.0 Å². The Morgan fingerprint density at radius 1 is 1.07 bits per heavy atom. The van der Waals surface area contributed by atoms with Crippen molar-refractivity contribution in [1.29, 1.82) is 0 Å². The Hall–Kier alpha value is -3.36. The summed E-state index contributed by atoms with van der Waals surface area (Å²) in [6.45, 7) is 12.3. The molecule has 3 N–H and O–H groups in total. The monoisotopic (exact) mass is 602 g/mol. The Bertz CT molecular complexity index is 1030. The number of carbonyl (C=O) groups is 4. The van der Waals surface area contributed by atoms with Gasteiger partial charge >= 0.3 is 5.97 Å². The minimum absolute atomic E-state index is 0.133. The topological polar surface area (TPSA) is 121 Å². The quantitative estimate of drug-likeness (QED) is 0.177. The van der Waals surface area contributed by atoms with Crippen LogP contribution in [0.3, 0.4) is 0 Å². The Morgan fingerprint density at radius 2 is 1.74 bits per heavy atom. The summed E-state index contributed by atoms with van der Waals surface area (Å²) >= 11 is 0. The van der Waals surface area contributed by atoms with Gasteiger partial charge in [0.25, 0.3) is 0 Å². The number of nitrogens with zero attached hydrogens (tertiary/aromatic N) is 1. The average Bonchev–Trinajstić information content (AvgIpc) is 3.49. The van der Waals surface area contributed by atoms with E-state index in [1.54, 1.807) is 0 Å². The molecular weight excluding hydrogens is 544 g/mol. The van der Waals surface area contributed by atoms with Gasteiger partial charge in [-0.15, -0.1) is 0 Å². The Kier molecular flexibility index (Phi) is 23.2. The molecule has 2 aromatic rings. The molecular formula is C34H58N4O5. The number of aryl methyl sites for hydroxylation is 1. The summed E-state index contributed by atoms with van der Waals surface area (Å²) in [5.74, 6) is -0.639. The molecule has 0 bridgehead atoms. The first kappa shape index (κ1) is 39.6. The predicted molar refractivity (Wildman–Crippen MR) is 176 cm³/mol. The standard InChI is InChI=1S/C20H35N3O5.C10H11N.2C2H6/c1-3-4-10-17(22-15-24)20(27)23(12-11-16-8-6-5-7-9-16)14-18(25)21-13-19(26)28-2;1-2-8-7-11-10-6-4-3-5-9(8)10;2*1-2/h15-17H,3-14H2,1-2H3,(H,21,25)(H,22,24);3-7,11H,2H2,1H3;2*1-2H3.